The van der Waals surface area contributed by atoms with Crippen molar-refractivity contribution in [3.05, 3.63) is 23.8 Å². The van der Waals surface area contributed by atoms with Gasteiger partial charge in [0.05, 0.1) is 6.04 Å². The van der Waals surface area contributed by atoms with Gasteiger partial charge in [0, 0.05) is 18.2 Å². The number of fused-ring (bicyclic) bond motifs is 1. The van der Waals surface area contributed by atoms with Gasteiger partial charge < -0.3 is 14.9 Å². The molecule has 0 aliphatic carbocycles. The smallest absolute Gasteiger partial charge is 0.323 e. The Morgan fingerprint density at radius 3 is 3.05 bits per heavy atom. The van der Waals surface area contributed by atoms with E-state index in [2.05, 4.69) is 0 Å². The van der Waals surface area contributed by atoms with Gasteiger partial charge >= 0.3 is 5.97 Å². The Labute approximate surface area is 111 Å². The third-order valence-corrected chi connectivity index (χ3v) is 4.29. The standard InChI is InChI=1S/C14H17NO4/c1-14(13(17)18)5-2-6-15(14)11-8-19-12-7-9(16)3-4-10(11)12/h3-4,7,11,16H,2,5-6,8H2,1H3,(H,17,18). The monoisotopic (exact) mass is 263 g/mol. The van der Waals surface area contributed by atoms with Gasteiger partial charge in [-0.05, 0) is 31.9 Å². The zero-order valence-corrected chi connectivity index (χ0v) is 10.8. The minimum atomic E-state index is -0.826. The van der Waals surface area contributed by atoms with Crippen molar-refractivity contribution in [2.24, 2.45) is 0 Å². The molecule has 0 amide bonds. The number of rotatable bonds is 2. The molecule has 1 fully saturated rings. The summed E-state index contributed by atoms with van der Waals surface area (Å²) in [5, 5.41) is 18.9. The Morgan fingerprint density at radius 1 is 1.53 bits per heavy atom. The Hall–Kier alpha value is -1.75. The molecule has 2 unspecified atom stereocenters. The van der Waals surface area contributed by atoms with Crippen LogP contribution in [-0.4, -0.2) is 39.8 Å². The molecule has 2 N–H and O–H groups in total. The summed E-state index contributed by atoms with van der Waals surface area (Å²) in [4.78, 5) is 13.5. The third kappa shape index (κ3) is 1.76. The van der Waals surface area contributed by atoms with Gasteiger partial charge in [-0.3, -0.25) is 9.69 Å². The minimum absolute atomic E-state index is 0.0424. The predicted molar refractivity (Wildman–Crippen MR) is 68.3 cm³/mol. The largest absolute Gasteiger partial charge is 0.508 e. The van der Waals surface area contributed by atoms with Crippen LogP contribution in [0.3, 0.4) is 0 Å². The molecule has 2 atom stereocenters. The van der Waals surface area contributed by atoms with Crippen LogP contribution in [0.25, 0.3) is 0 Å². The predicted octanol–water partition coefficient (Wildman–Crippen LogP) is 1.76. The summed E-state index contributed by atoms with van der Waals surface area (Å²) in [6, 6.07) is 4.99. The molecule has 0 saturated carbocycles. The van der Waals surface area contributed by atoms with E-state index < -0.39 is 11.5 Å². The van der Waals surface area contributed by atoms with Crippen LogP contribution >= 0.6 is 0 Å². The number of hydrogen-bond donors (Lipinski definition) is 2. The molecule has 2 aliphatic rings. The van der Waals surface area contributed by atoms with Gasteiger partial charge in [-0.1, -0.05) is 0 Å². The maximum absolute atomic E-state index is 11.5. The van der Waals surface area contributed by atoms with Crippen molar-refractivity contribution in [2.45, 2.75) is 31.3 Å². The molecule has 3 rings (SSSR count). The molecule has 102 valence electrons. The molecule has 19 heavy (non-hydrogen) atoms. The highest BCUT2D eigenvalue weighted by Crippen LogP contribution is 2.44. The van der Waals surface area contributed by atoms with Gasteiger partial charge in [0.25, 0.3) is 0 Å². The number of likely N-dealkylation sites (tertiary alicyclic amines) is 1. The molecule has 1 saturated heterocycles. The first kappa shape index (κ1) is 12.3. The second-order valence-corrected chi connectivity index (χ2v) is 5.42. The summed E-state index contributed by atoms with van der Waals surface area (Å²) in [6.45, 7) is 2.99. The number of carboxylic acids is 1. The van der Waals surface area contributed by atoms with Crippen LogP contribution in [0, 0.1) is 0 Å². The van der Waals surface area contributed by atoms with Crippen LogP contribution in [-0.2, 0) is 4.79 Å². The number of nitrogens with zero attached hydrogens (tertiary/aromatic N) is 1. The fourth-order valence-corrected chi connectivity index (χ4v) is 3.15. The molecule has 2 aliphatic heterocycles. The van der Waals surface area contributed by atoms with E-state index in [1.54, 1.807) is 19.1 Å². The van der Waals surface area contributed by atoms with E-state index in [-0.39, 0.29) is 11.8 Å². The average molecular weight is 263 g/mol. The molecular formula is C14H17NO4. The van der Waals surface area contributed by atoms with E-state index in [0.29, 0.717) is 18.8 Å². The van der Waals surface area contributed by atoms with Crippen molar-refractivity contribution >= 4 is 5.97 Å². The highest BCUT2D eigenvalue weighted by atomic mass is 16.5. The van der Waals surface area contributed by atoms with Crippen molar-refractivity contribution in [1.82, 2.24) is 4.90 Å². The van der Waals surface area contributed by atoms with Gasteiger partial charge in [0.2, 0.25) is 0 Å². The minimum Gasteiger partial charge on any atom is -0.508 e. The highest BCUT2D eigenvalue weighted by Gasteiger charge is 2.48. The van der Waals surface area contributed by atoms with Crippen LogP contribution in [0.5, 0.6) is 11.5 Å². The molecule has 0 spiro atoms. The molecule has 1 aromatic rings. The Bertz CT molecular complexity index is 530. The Balaban J connectivity index is 1.95. The lowest BCUT2D eigenvalue weighted by molar-refractivity contribution is -0.150. The molecule has 0 bridgehead atoms. The number of ether oxygens (including phenoxy) is 1. The highest BCUT2D eigenvalue weighted by molar-refractivity contribution is 5.78. The molecule has 5 nitrogen and oxygen atoms in total. The zero-order chi connectivity index (χ0) is 13.6. The van der Waals surface area contributed by atoms with Gasteiger partial charge in [-0.15, -0.1) is 0 Å². The average Bonchev–Trinajstić information content (AvgIpc) is 2.92. The van der Waals surface area contributed by atoms with E-state index >= 15 is 0 Å². The summed E-state index contributed by atoms with van der Waals surface area (Å²) in [5.74, 6) is 0.0451. The van der Waals surface area contributed by atoms with Crippen LogP contribution in [0.1, 0.15) is 31.4 Å². The lowest BCUT2D eigenvalue weighted by atomic mass is 9.96. The molecule has 2 heterocycles. The number of hydrogen-bond acceptors (Lipinski definition) is 4. The lowest BCUT2D eigenvalue weighted by Crippen LogP contribution is -2.49. The number of phenolic OH excluding ortho intramolecular Hbond substituents is 1. The van der Waals surface area contributed by atoms with Crippen molar-refractivity contribution in [2.75, 3.05) is 13.2 Å². The van der Waals surface area contributed by atoms with Gasteiger partial charge in [0.1, 0.15) is 23.6 Å². The molecule has 5 heteroatoms. The van der Waals surface area contributed by atoms with Gasteiger partial charge in [-0.2, -0.15) is 0 Å². The van der Waals surface area contributed by atoms with E-state index in [1.165, 1.54) is 0 Å². The SMILES string of the molecule is CC1(C(=O)O)CCCN1C1COc2cc(O)ccc21. The summed E-state index contributed by atoms with van der Waals surface area (Å²) >= 11 is 0. The fraction of sp³-hybridized carbons (Fsp3) is 0.500. The summed E-state index contributed by atoms with van der Waals surface area (Å²) in [7, 11) is 0. The van der Waals surface area contributed by atoms with E-state index in [0.717, 1.165) is 18.5 Å². The van der Waals surface area contributed by atoms with Crippen molar-refractivity contribution in [1.29, 1.82) is 0 Å². The number of benzene rings is 1. The molecule has 0 radical (unpaired) electrons. The topological polar surface area (TPSA) is 70.0 Å². The molecule has 0 aromatic heterocycles. The number of phenols is 1. The number of aliphatic carboxylic acids is 1. The normalized spacial score (nSPS) is 30.1. The number of aromatic hydroxyl groups is 1. The quantitative estimate of drug-likeness (QED) is 0.851. The van der Waals surface area contributed by atoms with Crippen LogP contribution in [0.2, 0.25) is 0 Å². The van der Waals surface area contributed by atoms with E-state index in [1.807, 2.05) is 11.0 Å². The Morgan fingerprint density at radius 2 is 2.32 bits per heavy atom. The second kappa shape index (κ2) is 4.13. The summed E-state index contributed by atoms with van der Waals surface area (Å²) in [6.07, 6.45) is 1.54. The van der Waals surface area contributed by atoms with E-state index in [9.17, 15) is 15.0 Å². The van der Waals surface area contributed by atoms with Crippen molar-refractivity contribution in [3.8, 4) is 11.5 Å². The first-order chi connectivity index (χ1) is 9.02. The first-order valence-electron chi connectivity index (χ1n) is 6.48. The maximum atomic E-state index is 11.5. The summed E-state index contributed by atoms with van der Waals surface area (Å²) in [5.41, 5.74) is 0.139. The van der Waals surface area contributed by atoms with Crippen LogP contribution < -0.4 is 4.74 Å². The van der Waals surface area contributed by atoms with Crippen molar-refractivity contribution < 1.29 is 19.7 Å². The first-order valence-corrected chi connectivity index (χ1v) is 6.48. The van der Waals surface area contributed by atoms with Crippen LogP contribution in [0.4, 0.5) is 0 Å². The zero-order valence-electron chi connectivity index (χ0n) is 10.8. The third-order valence-electron chi connectivity index (χ3n) is 4.29. The van der Waals surface area contributed by atoms with Gasteiger partial charge in [0.15, 0.2) is 0 Å². The van der Waals surface area contributed by atoms with Crippen LogP contribution in [0.15, 0.2) is 18.2 Å². The second-order valence-electron chi connectivity index (χ2n) is 5.42. The van der Waals surface area contributed by atoms with Crippen molar-refractivity contribution in [3.63, 3.8) is 0 Å². The Kier molecular flexibility index (Phi) is 2.67. The van der Waals surface area contributed by atoms with Gasteiger partial charge in [-0.25, -0.2) is 0 Å². The summed E-state index contributed by atoms with van der Waals surface area (Å²) < 4.78 is 5.58. The number of carbonyl (C=O) groups is 1. The van der Waals surface area contributed by atoms with E-state index in [4.69, 9.17) is 4.74 Å². The maximum Gasteiger partial charge on any atom is 0.323 e. The fourth-order valence-electron chi connectivity index (χ4n) is 3.15. The lowest BCUT2D eigenvalue weighted by Gasteiger charge is -2.35. The molecule has 1 aromatic carbocycles. The number of carboxylic acid groups (broad SMARTS) is 1. The molecular weight excluding hydrogens is 246 g/mol.